The maximum Gasteiger partial charge on any atom is 0.147 e. The van der Waals surface area contributed by atoms with Gasteiger partial charge in [0, 0.05) is 30.2 Å². The molecule has 0 fully saturated rings. The van der Waals surface area contributed by atoms with E-state index in [4.69, 9.17) is 10.7 Å². The molecule has 3 aromatic rings. The second-order valence-corrected chi connectivity index (χ2v) is 5.04. The van der Waals surface area contributed by atoms with Gasteiger partial charge >= 0.3 is 0 Å². The summed E-state index contributed by atoms with van der Waals surface area (Å²) in [6, 6.07) is 4.23. The van der Waals surface area contributed by atoms with Gasteiger partial charge in [0.1, 0.15) is 11.5 Å². The third-order valence-corrected chi connectivity index (χ3v) is 3.49. The highest BCUT2D eigenvalue weighted by atomic mass is 15.1. The molecule has 0 spiro atoms. The summed E-state index contributed by atoms with van der Waals surface area (Å²) in [7, 11) is 0. The van der Waals surface area contributed by atoms with E-state index in [1.54, 1.807) is 0 Å². The second-order valence-electron chi connectivity index (χ2n) is 5.04. The van der Waals surface area contributed by atoms with E-state index in [0.29, 0.717) is 0 Å². The van der Waals surface area contributed by atoms with Gasteiger partial charge in [-0.25, -0.2) is 9.97 Å². The van der Waals surface area contributed by atoms with Crippen molar-refractivity contribution in [3.63, 3.8) is 0 Å². The molecule has 0 saturated heterocycles. The fraction of sp³-hybridized carbons (Fsp3) is 0.333. The van der Waals surface area contributed by atoms with Gasteiger partial charge in [0.2, 0.25) is 0 Å². The van der Waals surface area contributed by atoms with Crippen molar-refractivity contribution in [3.8, 4) is 0 Å². The number of aryl methyl sites for hydroxylation is 2. The van der Waals surface area contributed by atoms with Gasteiger partial charge in [-0.15, -0.1) is 0 Å². The van der Waals surface area contributed by atoms with Crippen molar-refractivity contribution in [2.24, 2.45) is 5.73 Å². The summed E-state index contributed by atoms with van der Waals surface area (Å²) in [6.45, 7) is 6.18. The van der Waals surface area contributed by atoms with Crippen LogP contribution < -0.4 is 5.73 Å². The van der Waals surface area contributed by atoms with Crippen LogP contribution in [0.25, 0.3) is 16.6 Å². The Morgan fingerprint density at radius 1 is 1.37 bits per heavy atom. The molecule has 1 atom stereocenters. The van der Waals surface area contributed by atoms with Gasteiger partial charge in [-0.1, -0.05) is 13.0 Å². The van der Waals surface area contributed by atoms with Crippen molar-refractivity contribution in [1.82, 2.24) is 14.4 Å². The summed E-state index contributed by atoms with van der Waals surface area (Å²) in [5.41, 5.74) is 10.3. The summed E-state index contributed by atoms with van der Waals surface area (Å²) >= 11 is 0. The van der Waals surface area contributed by atoms with E-state index in [0.717, 1.165) is 34.4 Å². The average Bonchev–Trinajstić information content (AvgIpc) is 2.86. The average molecular weight is 254 g/mol. The number of benzene rings is 1. The molecule has 2 aromatic heterocycles. The number of hydrogen-bond acceptors (Lipinski definition) is 3. The van der Waals surface area contributed by atoms with Gasteiger partial charge in [0.05, 0.1) is 5.52 Å². The highest BCUT2D eigenvalue weighted by Crippen LogP contribution is 2.27. The lowest BCUT2D eigenvalue weighted by Crippen LogP contribution is -2.09. The van der Waals surface area contributed by atoms with Crippen LogP contribution in [0.2, 0.25) is 0 Å². The van der Waals surface area contributed by atoms with E-state index in [-0.39, 0.29) is 6.04 Å². The Morgan fingerprint density at radius 2 is 2.16 bits per heavy atom. The van der Waals surface area contributed by atoms with Crippen molar-refractivity contribution < 1.29 is 0 Å². The minimum absolute atomic E-state index is 0.0305. The first-order valence-electron chi connectivity index (χ1n) is 6.63. The zero-order valence-corrected chi connectivity index (χ0v) is 11.5. The number of fused-ring (bicyclic) bond motifs is 3. The Kier molecular flexibility index (Phi) is 2.75. The fourth-order valence-corrected chi connectivity index (χ4v) is 2.59. The van der Waals surface area contributed by atoms with Crippen molar-refractivity contribution in [1.29, 1.82) is 0 Å². The van der Waals surface area contributed by atoms with Crippen molar-refractivity contribution in [2.75, 3.05) is 0 Å². The van der Waals surface area contributed by atoms with E-state index in [1.165, 1.54) is 5.56 Å². The Balaban J connectivity index is 2.53. The molecule has 0 unspecified atom stereocenters. The number of aromatic nitrogens is 3. The molecule has 0 amide bonds. The fourth-order valence-electron chi connectivity index (χ4n) is 2.59. The molecule has 1 aromatic carbocycles. The van der Waals surface area contributed by atoms with E-state index >= 15 is 0 Å². The van der Waals surface area contributed by atoms with E-state index in [1.807, 2.05) is 19.3 Å². The summed E-state index contributed by atoms with van der Waals surface area (Å²) in [5.74, 6) is 1.02. The monoisotopic (exact) mass is 254 g/mol. The molecule has 2 N–H and O–H groups in total. The Morgan fingerprint density at radius 3 is 2.84 bits per heavy atom. The van der Waals surface area contributed by atoms with E-state index in [9.17, 15) is 0 Å². The topological polar surface area (TPSA) is 56.2 Å². The van der Waals surface area contributed by atoms with Crippen LogP contribution in [0.15, 0.2) is 24.5 Å². The quantitative estimate of drug-likeness (QED) is 0.765. The van der Waals surface area contributed by atoms with Crippen LogP contribution in [-0.4, -0.2) is 14.4 Å². The molecule has 4 heteroatoms. The summed E-state index contributed by atoms with van der Waals surface area (Å²) in [6.07, 6.45) is 4.66. The van der Waals surface area contributed by atoms with Crippen molar-refractivity contribution in [2.45, 2.75) is 33.2 Å². The van der Waals surface area contributed by atoms with Crippen molar-refractivity contribution in [3.05, 3.63) is 41.5 Å². The normalized spacial score (nSPS) is 13.3. The first-order chi connectivity index (χ1) is 9.11. The van der Waals surface area contributed by atoms with Crippen LogP contribution >= 0.6 is 0 Å². The minimum Gasteiger partial charge on any atom is -0.324 e. The predicted octanol–water partition coefficient (Wildman–Crippen LogP) is 2.77. The lowest BCUT2D eigenvalue weighted by atomic mass is 10.0. The van der Waals surface area contributed by atoms with Gasteiger partial charge < -0.3 is 5.73 Å². The van der Waals surface area contributed by atoms with Crippen LogP contribution in [0.1, 0.15) is 36.8 Å². The van der Waals surface area contributed by atoms with Gasteiger partial charge in [-0.3, -0.25) is 4.40 Å². The number of nitrogens with zero attached hydrogens (tertiary/aromatic N) is 3. The molecule has 0 aliphatic carbocycles. The molecule has 3 rings (SSSR count). The molecule has 98 valence electrons. The molecular weight excluding hydrogens is 236 g/mol. The second kappa shape index (κ2) is 4.31. The minimum atomic E-state index is -0.0305. The summed E-state index contributed by atoms with van der Waals surface area (Å²) in [5, 5.41) is 1.08. The van der Waals surface area contributed by atoms with Crippen LogP contribution in [0.4, 0.5) is 0 Å². The van der Waals surface area contributed by atoms with E-state index in [2.05, 4.69) is 35.4 Å². The molecule has 0 radical (unpaired) electrons. The first-order valence-corrected chi connectivity index (χ1v) is 6.63. The zero-order valence-electron chi connectivity index (χ0n) is 11.5. The van der Waals surface area contributed by atoms with Crippen LogP contribution in [-0.2, 0) is 6.42 Å². The standard InChI is InChI=1S/C15H18N4/c1-4-13-18-14-11(10(3)16)7-9(2)8-12(14)15-17-5-6-19(13)15/h5-8,10H,4,16H2,1-3H3/t10-/m1/s1. The molecule has 0 aliphatic heterocycles. The smallest absolute Gasteiger partial charge is 0.147 e. The lowest BCUT2D eigenvalue weighted by Gasteiger charge is -2.13. The third-order valence-electron chi connectivity index (χ3n) is 3.49. The SMILES string of the molecule is CCc1nc2c([C@@H](C)N)cc(C)cc2c2nccn12. The van der Waals surface area contributed by atoms with Crippen molar-refractivity contribution >= 4 is 16.6 Å². The van der Waals surface area contributed by atoms with Gasteiger partial charge in [0.25, 0.3) is 0 Å². The van der Waals surface area contributed by atoms with Gasteiger partial charge in [0.15, 0.2) is 0 Å². The maximum atomic E-state index is 6.09. The molecule has 19 heavy (non-hydrogen) atoms. The number of imidazole rings is 1. The highest BCUT2D eigenvalue weighted by molar-refractivity contribution is 5.94. The molecule has 0 saturated carbocycles. The zero-order chi connectivity index (χ0) is 13.6. The Labute approximate surface area is 112 Å². The van der Waals surface area contributed by atoms with E-state index < -0.39 is 0 Å². The highest BCUT2D eigenvalue weighted by Gasteiger charge is 2.13. The number of rotatable bonds is 2. The molecule has 4 nitrogen and oxygen atoms in total. The maximum absolute atomic E-state index is 6.09. The molecule has 2 heterocycles. The number of nitrogens with two attached hydrogens (primary N) is 1. The van der Waals surface area contributed by atoms with Gasteiger partial charge in [-0.05, 0) is 31.0 Å². The molecular formula is C15H18N4. The largest absolute Gasteiger partial charge is 0.324 e. The lowest BCUT2D eigenvalue weighted by molar-refractivity contribution is 0.818. The van der Waals surface area contributed by atoms with Crippen LogP contribution in [0.3, 0.4) is 0 Å². The van der Waals surface area contributed by atoms with Gasteiger partial charge in [-0.2, -0.15) is 0 Å². The summed E-state index contributed by atoms with van der Waals surface area (Å²) < 4.78 is 2.06. The molecule has 0 bridgehead atoms. The number of hydrogen-bond donors (Lipinski definition) is 1. The third kappa shape index (κ3) is 1.79. The predicted molar refractivity (Wildman–Crippen MR) is 77.2 cm³/mol. The summed E-state index contributed by atoms with van der Waals surface area (Å²) in [4.78, 5) is 9.28. The van der Waals surface area contributed by atoms with Crippen LogP contribution in [0, 0.1) is 6.92 Å². The van der Waals surface area contributed by atoms with Crippen LogP contribution in [0.5, 0.6) is 0 Å². The Bertz CT molecular complexity index is 756. The first kappa shape index (κ1) is 12.1. The Hall–Kier alpha value is -1.94. The molecule has 0 aliphatic rings.